The number of rotatable bonds is 1. The zero-order chi connectivity index (χ0) is 9.35. The van der Waals surface area contributed by atoms with Crippen LogP contribution in [-0.2, 0) is 9.05 Å². The minimum atomic E-state index is -4.04. The summed E-state index contributed by atoms with van der Waals surface area (Å²) >= 11 is 1.60. The third kappa shape index (κ3) is 2.05. The van der Waals surface area contributed by atoms with E-state index in [2.05, 4.69) is 4.98 Å². The molecule has 0 aliphatic heterocycles. The summed E-state index contributed by atoms with van der Waals surface area (Å²) in [6.07, 6.45) is 1.17. The van der Waals surface area contributed by atoms with E-state index in [9.17, 15) is 12.8 Å². The molecule has 1 heterocycles. The van der Waals surface area contributed by atoms with Crippen molar-refractivity contribution in [2.45, 2.75) is 4.90 Å². The first-order chi connectivity index (χ1) is 5.43. The third-order valence-electron chi connectivity index (χ3n) is 1.06. The van der Waals surface area contributed by atoms with E-state index in [4.69, 9.17) is 10.7 Å². The first-order valence-corrected chi connectivity index (χ1v) is 6.06. The molecule has 1 aromatic heterocycles. The van der Waals surface area contributed by atoms with Crippen LogP contribution in [0, 0.1) is 9.52 Å². The quantitative estimate of drug-likeness (QED) is 0.450. The summed E-state index contributed by atoms with van der Waals surface area (Å²) in [6.45, 7) is 0. The van der Waals surface area contributed by atoms with Gasteiger partial charge in [0, 0.05) is 16.9 Å². The molecule has 66 valence electrons. The molecule has 0 unspecified atom stereocenters. The molecule has 0 aromatic carbocycles. The molecule has 0 spiro atoms. The fraction of sp³-hybridized carbons (Fsp3) is 0. The molecule has 0 atom stereocenters. The van der Waals surface area contributed by atoms with Gasteiger partial charge in [-0.3, -0.25) is 0 Å². The summed E-state index contributed by atoms with van der Waals surface area (Å²) in [5, 5.41) is 0. The molecule has 0 saturated heterocycles. The Hall–Kier alpha value is 0.0500. The van der Waals surface area contributed by atoms with Crippen LogP contribution in [0.4, 0.5) is 4.39 Å². The molecule has 1 rings (SSSR count). The molecular weight excluding hydrogens is 319 g/mol. The standard InChI is InChI=1S/C5H2ClFINO2S/c6-12(10,11)4-3(7)1-2-9-5(4)8/h1-2H. The Labute approximate surface area is 86.5 Å². The largest absolute Gasteiger partial charge is 0.266 e. The van der Waals surface area contributed by atoms with Crippen molar-refractivity contribution in [2.75, 3.05) is 0 Å². The van der Waals surface area contributed by atoms with Crippen LogP contribution in [0.5, 0.6) is 0 Å². The number of halogens is 3. The van der Waals surface area contributed by atoms with Crippen molar-refractivity contribution in [3.05, 3.63) is 21.8 Å². The van der Waals surface area contributed by atoms with E-state index < -0.39 is 19.8 Å². The van der Waals surface area contributed by atoms with Gasteiger partial charge in [-0.25, -0.2) is 17.8 Å². The van der Waals surface area contributed by atoms with Crippen LogP contribution >= 0.6 is 33.3 Å². The topological polar surface area (TPSA) is 47.0 Å². The molecule has 1 aromatic rings. The molecule has 0 amide bonds. The first-order valence-electron chi connectivity index (χ1n) is 2.67. The maximum Gasteiger partial charge on any atom is 0.266 e. The van der Waals surface area contributed by atoms with E-state index in [1.165, 1.54) is 6.20 Å². The van der Waals surface area contributed by atoms with Gasteiger partial charge in [0.2, 0.25) is 0 Å². The van der Waals surface area contributed by atoms with E-state index >= 15 is 0 Å². The van der Waals surface area contributed by atoms with Crippen molar-refractivity contribution < 1.29 is 12.8 Å². The number of hydrogen-bond donors (Lipinski definition) is 0. The second kappa shape index (κ2) is 3.43. The second-order valence-electron chi connectivity index (χ2n) is 1.85. The van der Waals surface area contributed by atoms with Crippen LogP contribution in [0.2, 0.25) is 0 Å². The average Bonchev–Trinajstić information content (AvgIpc) is 1.82. The van der Waals surface area contributed by atoms with Gasteiger partial charge in [-0.05, 0) is 28.7 Å². The molecule has 7 heteroatoms. The second-order valence-corrected chi connectivity index (χ2v) is 5.38. The fourth-order valence-electron chi connectivity index (χ4n) is 0.618. The van der Waals surface area contributed by atoms with Gasteiger partial charge in [0.25, 0.3) is 9.05 Å². The summed E-state index contributed by atoms with van der Waals surface area (Å²) in [4.78, 5) is 3.03. The third-order valence-corrected chi connectivity index (χ3v) is 3.58. The van der Waals surface area contributed by atoms with Crippen molar-refractivity contribution in [3.63, 3.8) is 0 Å². The maximum atomic E-state index is 12.8. The Bertz CT molecular complexity index is 388. The van der Waals surface area contributed by atoms with Gasteiger partial charge in [-0.15, -0.1) is 0 Å². The maximum absolute atomic E-state index is 12.8. The van der Waals surface area contributed by atoms with E-state index in [1.807, 2.05) is 0 Å². The molecule has 0 radical (unpaired) electrons. The summed E-state index contributed by atoms with van der Waals surface area (Å²) in [7, 11) is 0.920. The Morgan fingerprint density at radius 2 is 2.17 bits per heavy atom. The van der Waals surface area contributed by atoms with Crippen molar-refractivity contribution in [1.29, 1.82) is 0 Å². The fourth-order valence-corrected chi connectivity index (χ4v) is 3.29. The number of hydrogen-bond acceptors (Lipinski definition) is 3. The highest BCUT2D eigenvalue weighted by atomic mass is 127. The lowest BCUT2D eigenvalue weighted by Gasteiger charge is -1.98. The first kappa shape index (κ1) is 10.1. The van der Waals surface area contributed by atoms with Gasteiger partial charge < -0.3 is 0 Å². The molecule has 0 saturated carbocycles. The van der Waals surface area contributed by atoms with Crippen LogP contribution in [0.15, 0.2) is 17.2 Å². The van der Waals surface area contributed by atoms with Crippen LogP contribution < -0.4 is 0 Å². The highest BCUT2D eigenvalue weighted by molar-refractivity contribution is 14.1. The number of pyridine rings is 1. The van der Waals surface area contributed by atoms with Gasteiger partial charge in [0.1, 0.15) is 14.4 Å². The minimum absolute atomic E-state index is 0.0302. The minimum Gasteiger partial charge on any atom is -0.249 e. The Kier molecular flexibility index (Phi) is 2.89. The monoisotopic (exact) mass is 321 g/mol. The number of aromatic nitrogens is 1. The molecule has 12 heavy (non-hydrogen) atoms. The lowest BCUT2D eigenvalue weighted by Crippen LogP contribution is -2.00. The van der Waals surface area contributed by atoms with Crippen molar-refractivity contribution >= 4 is 42.3 Å². The summed E-state index contributed by atoms with van der Waals surface area (Å²) < 4.78 is 34.4. The smallest absolute Gasteiger partial charge is 0.249 e. The van der Waals surface area contributed by atoms with Crippen molar-refractivity contribution in [3.8, 4) is 0 Å². The Morgan fingerprint density at radius 3 is 2.50 bits per heavy atom. The van der Waals surface area contributed by atoms with Crippen molar-refractivity contribution in [1.82, 2.24) is 4.98 Å². The lowest BCUT2D eigenvalue weighted by molar-refractivity contribution is 0.570. The summed E-state index contributed by atoms with van der Waals surface area (Å²) in [5.74, 6) is -0.885. The zero-order valence-corrected chi connectivity index (χ0v) is 9.19. The van der Waals surface area contributed by atoms with Gasteiger partial charge >= 0.3 is 0 Å². The molecule has 0 aliphatic carbocycles. The molecule has 0 aliphatic rings. The summed E-state index contributed by atoms with van der Waals surface area (Å²) in [5.41, 5.74) is 0. The molecule has 0 fully saturated rings. The highest BCUT2D eigenvalue weighted by Crippen LogP contribution is 2.22. The molecule has 3 nitrogen and oxygen atoms in total. The van der Waals surface area contributed by atoms with Gasteiger partial charge in [0.15, 0.2) is 0 Å². The Balaban J connectivity index is 3.53. The Morgan fingerprint density at radius 1 is 1.58 bits per heavy atom. The van der Waals surface area contributed by atoms with Crippen molar-refractivity contribution in [2.24, 2.45) is 0 Å². The molecule has 0 N–H and O–H groups in total. The molecule has 0 bridgehead atoms. The average molecular weight is 321 g/mol. The van der Waals surface area contributed by atoms with E-state index in [1.54, 1.807) is 22.6 Å². The lowest BCUT2D eigenvalue weighted by atomic mass is 10.5. The number of nitrogens with zero attached hydrogens (tertiary/aromatic N) is 1. The van der Waals surface area contributed by atoms with E-state index in [0.717, 1.165) is 6.07 Å². The van der Waals surface area contributed by atoms with Gasteiger partial charge in [0.05, 0.1) is 0 Å². The van der Waals surface area contributed by atoms with Crippen LogP contribution in [0.3, 0.4) is 0 Å². The SMILES string of the molecule is O=S(=O)(Cl)c1c(F)ccnc1I. The molecular formula is C5H2ClFINO2S. The predicted octanol–water partition coefficient (Wildman–Crippen LogP) is 1.75. The van der Waals surface area contributed by atoms with E-state index in [0.29, 0.717) is 0 Å². The van der Waals surface area contributed by atoms with E-state index in [-0.39, 0.29) is 3.70 Å². The normalized spacial score (nSPS) is 11.6. The summed E-state index contributed by atoms with van der Waals surface area (Å²) in [6, 6.07) is 0.942. The van der Waals surface area contributed by atoms with Gasteiger partial charge in [-0.1, -0.05) is 0 Å². The van der Waals surface area contributed by atoms with Crippen LogP contribution in [-0.4, -0.2) is 13.4 Å². The van der Waals surface area contributed by atoms with Crippen LogP contribution in [0.25, 0.3) is 0 Å². The highest BCUT2D eigenvalue weighted by Gasteiger charge is 2.20. The van der Waals surface area contributed by atoms with Gasteiger partial charge in [-0.2, -0.15) is 0 Å². The van der Waals surface area contributed by atoms with Crippen LogP contribution in [0.1, 0.15) is 0 Å². The predicted molar refractivity (Wildman–Crippen MR) is 50.0 cm³/mol. The zero-order valence-electron chi connectivity index (χ0n) is 5.46.